The van der Waals surface area contributed by atoms with Crippen LogP contribution in [0.4, 0.5) is 0 Å². The van der Waals surface area contributed by atoms with Crippen molar-refractivity contribution in [2.75, 3.05) is 0 Å². The third kappa shape index (κ3) is 2.86. The minimum atomic E-state index is 0.0305. The van der Waals surface area contributed by atoms with Crippen molar-refractivity contribution >= 4 is 5.78 Å². The fourth-order valence-corrected chi connectivity index (χ4v) is 2.42. The van der Waals surface area contributed by atoms with E-state index in [-0.39, 0.29) is 16.8 Å². The molecule has 0 aromatic heterocycles. The molecule has 0 bridgehead atoms. The molecular weight excluding hydrogens is 212 g/mol. The van der Waals surface area contributed by atoms with Crippen molar-refractivity contribution in [2.24, 2.45) is 5.41 Å². The maximum atomic E-state index is 11.8. The molecule has 2 heteroatoms. The Morgan fingerprint density at radius 1 is 1.35 bits per heavy atom. The van der Waals surface area contributed by atoms with Crippen molar-refractivity contribution in [3.8, 4) is 0 Å². The summed E-state index contributed by atoms with van der Waals surface area (Å²) in [6.45, 7) is 8.40. The molecular formula is C15H22O2. The highest BCUT2D eigenvalue weighted by molar-refractivity contribution is 6.03. The van der Waals surface area contributed by atoms with Crippen molar-refractivity contribution in [1.29, 1.82) is 0 Å². The van der Waals surface area contributed by atoms with Gasteiger partial charge in [-0.05, 0) is 50.2 Å². The van der Waals surface area contributed by atoms with E-state index in [1.165, 1.54) is 0 Å². The van der Waals surface area contributed by atoms with E-state index < -0.39 is 0 Å². The van der Waals surface area contributed by atoms with Gasteiger partial charge in [0.15, 0.2) is 5.78 Å². The molecule has 2 atom stereocenters. The lowest BCUT2D eigenvalue weighted by Crippen LogP contribution is -2.17. The summed E-state index contributed by atoms with van der Waals surface area (Å²) in [5.74, 6) is 0.139. The van der Waals surface area contributed by atoms with Gasteiger partial charge in [-0.25, -0.2) is 0 Å². The van der Waals surface area contributed by atoms with Crippen LogP contribution in [0.1, 0.15) is 47.0 Å². The molecule has 0 radical (unpaired) electrons. The van der Waals surface area contributed by atoms with E-state index in [0.717, 1.165) is 24.8 Å². The first-order valence-corrected chi connectivity index (χ1v) is 6.41. The van der Waals surface area contributed by atoms with Gasteiger partial charge in [0.2, 0.25) is 0 Å². The summed E-state index contributed by atoms with van der Waals surface area (Å²) >= 11 is 0. The Kier molecular flexibility index (Phi) is 3.03. The number of carbonyl (C=O) groups is 1. The number of ether oxygens (including phenoxy) is 1. The van der Waals surface area contributed by atoms with Crippen LogP contribution in [-0.2, 0) is 9.53 Å². The zero-order valence-electron chi connectivity index (χ0n) is 11.2. The molecule has 17 heavy (non-hydrogen) atoms. The molecule has 0 aromatic carbocycles. The molecule has 0 unspecified atom stereocenters. The molecule has 0 saturated carbocycles. The average molecular weight is 234 g/mol. The largest absolute Gasteiger partial charge is 0.366 e. The third-order valence-electron chi connectivity index (χ3n) is 3.91. The highest BCUT2D eigenvalue weighted by atomic mass is 16.6. The van der Waals surface area contributed by atoms with E-state index in [9.17, 15) is 4.79 Å². The van der Waals surface area contributed by atoms with Gasteiger partial charge in [0.1, 0.15) is 0 Å². The van der Waals surface area contributed by atoms with Crippen LogP contribution in [0.3, 0.4) is 0 Å². The Labute approximate surface area is 104 Å². The smallest absolute Gasteiger partial charge is 0.180 e. The molecule has 1 aliphatic heterocycles. The van der Waals surface area contributed by atoms with E-state index in [4.69, 9.17) is 4.74 Å². The summed E-state index contributed by atoms with van der Waals surface area (Å²) in [6, 6.07) is 0. The van der Waals surface area contributed by atoms with Crippen LogP contribution in [-0.4, -0.2) is 17.5 Å². The fraction of sp³-hybridized carbons (Fsp3) is 0.667. The lowest BCUT2D eigenvalue weighted by atomic mass is 9.84. The van der Waals surface area contributed by atoms with Gasteiger partial charge in [0.25, 0.3) is 0 Å². The summed E-state index contributed by atoms with van der Waals surface area (Å²) in [6.07, 6.45) is 9.07. The number of allylic oxidation sites excluding steroid dienone is 4. The summed E-state index contributed by atoms with van der Waals surface area (Å²) in [7, 11) is 0. The average Bonchev–Trinajstić information content (AvgIpc) is 2.83. The minimum Gasteiger partial charge on any atom is -0.366 e. The van der Waals surface area contributed by atoms with Gasteiger partial charge < -0.3 is 4.74 Å². The number of hydrogen-bond donors (Lipinski definition) is 0. The van der Waals surface area contributed by atoms with Crippen molar-refractivity contribution in [2.45, 2.75) is 58.7 Å². The van der Waals surface area contributed by atoms with Gasteiger partial charge in [-0.3, -0.25) is 4.79 Å². The number of hydrogen-bond acceptors (Lipinski definition) is 2. The van der Waals surface area contributed by atoms with E-state index in [1.54, 1.807) is 6.08 Å². The van der Waals surface area contributed by atoms with E-state index in [0.29, 0.717) is 6.10 Å². The summed E-state index contributed by atoms with van der Waals surface area (Å²) < 4.78 is 5.83. The molecule has 0 N–H and O–H groups in total. The molecule has 2 aliphatic rings. The SMILES string of the molecule is C/C1=C\CC[C@@]2(C)O[C@H]2CC(C)(C)/C=C/C1=O. The first-order chi connectivity index (χ1) is 7.82. The predicted molar refractivity (Wildman–Crippen MR) is 68.8 cm³/mol. The van der Waals surface area contributed by atoms with E-state index >= 15 is 0 Å². The number of rotatable bonds is 0. The molecule has 0 amide bonds. The van der Waals surface area contributed by atoms with Crippen LogP contribution in [0, 0.1) is 5.41 Å². The van der Waals surface area contributed by atoms with Gasteiger partial charge in [-0.15, -0.1) is 0 Å². The Morgan fingerprint density at radius 2 is 2.06 bits per heavy atom. The monoisotopic (exact) mass is 234 g/mol. The predicted octanol–water partition coefficient (Wildman–Crippen LogP) is 3.43. The van der Waals surface area contributed by atoms with Crippen molar-refractivity contribution in [3.05, 3.63) is 23.8 Å². The fourth-order valence-electron chi connectivity index (χ4n) is 2.42. The van der Waals surface area contributed by atoms with E-state index in [2.05, 4.69) is 20.8 Å². The lowest BCUT2D eigenvalue weighted by Gasteiger charge is -2.19. The summed E-state index contributed by atoms with van der Waals surface area (Å²) in [5.41, 5.74) is 0.914. The molecule has 1 heterocycles. The first kappa shape index (κ1) is 12.6. The molecule has 2 rings (SSSR count). The maximum absolute atomic E-state index is 11.8. The highest BCUT2D eigenvalue weighted by Crippen LogP contribution is 2.46. The number of fused-ring (bicyclic) bond motifs is 1. The van der Waals surface area contributed by atoms with Gasteiger partial charge in [0, 0.05) is 0 Å². The second-order valence-electron chi connectivity index (χ2n) is 6.24. The maximum Gasteiger partial charge on any atom is 0.180 e. The van der Waals surface area contributed by atoms with E-state index in [1.807, 2.05) is 19.1 Å². The normalized spacial score (nSPS) is 41.8. The number of epoxide rings is 1. The van der Waals surface area contributed by atoms with Crippen LogP contribution >= 0.6 is 0 Å². The Hall–Kier alpha value is -0.890. The van der Waals surface area contributed by atoms with Crippen molar-refractivity contribution in [3.63, 3.8) is 0 Å². The number of carbonyl (C=O) groups excluding carboxylic acids is 1. The van der Waals surface area contributed by atoms with Gasteiger partial charge in [0.05, 0.1) is 11.7 Å². The lowest BCUT2D eigenvalue weighted by molar-refractivity contribution is -0.111. The second-order valence-corrected chi connectivity index (χ2v) is 6.24. The molecule has 94 valence electrons. The second kappa shape index (κ2) is 4.09. The standard InChI is InChI=1S/C15H22O2/c1-11-6-5-8-15(4)13(17-15)10-14(2,3)9-7-12(11)16/h6-7,9,13H,5,8,10H2,1-4H3/b9-7+,11-6+/t13-,15+/m0/s1. The number of ketones is 1. The Bertz CT molecular complexity index is 390. The van der Waals surface area contributed by atoms with Crippen molar-refractivity contribution < 1.29 is 9.53 Å². The summed E-state index contributed by atoms with van der Waals surface area (Å²) in [5, 5.41) is 0. The van der Waals surface area contributed by atoms with Crippen LogP contribution < -0.4 is 0 Å². The topological polar surface area (TPSA) is 29.6 Å². The first-order valence-electron chi connectivity index (χ1n) is 6.41. The minimum absolute atomic E-state index is 0.0305. The molecule has 0 spiro atoms. The van der Waals surface area contributed by atoms with Gasteiger partial charge in [-0.2, -0.15) is 0 Å². The quantitative estimate of drug-likeness (QED) is 0.601. The zero-order chi connectivity index (χ0) is 12.7. The van der Waals surface area contributed by atoms with Crippen LogP contribution in [0.15, 0.2) is 23.8 Å². The Balaban J connectivity index is 2.21. The zero-order valence-corrected chi connectivity index (χ0v) is 11.2. The Morgan fingerprint density at radius 3 is 2.76 bits per heavy atom. The third-order valence-corrected chi connectivity index (χ3v) is 3.91. The van der Waals surface area contributed by atoms with Crippen molar-refractivity contribution in [1.82, 2.24) is 0 Å². The molecule has 1 saturated heterocycles. The van der Waals surface area contributed by atoms with Crippen LogP contribution in [0.5, 0.6) is 0 Å². The molecule has 0 aromatic rings. The van der Waals surface area contributed by atoms with Gasteiger partial charge >= 0.3 is 0 Å². The molecule has 2 nitrogen and oxygen atoms in total. The summed E-state index contributed by atoms with van der Waals surface area (Å²) in [4.78, 5) is 11.8. The highest BCUT2D eigenvalue weighted by Gasteiger charge is 2.52. The molecule has 1 aliphatic carbocycles. The van der Waals surface area contributed by atoms with Gasteiger partial charge in [-0.1, -0.05) is 26.0 Å². The molecule has 1 fully saturated rings. The van der Waals surface area contributed by atoms with Crippen LogP contribution in [0.2, 0.25) is 0 Å². The van der Waals surface area contributed by atoms with Crippen LogP contribution in [0.25, 0.3) is 0 Å².